The van der Waals surface area contributed by atoms with Crippen LogP contribution in [0.15, 0.2) is 0 Å². The van der Waals surface area contributed by atoms with E-state index in [-0.39, 0.29) is 142 Å². The number of hydrogen-bond acceptors (Lipinski definition) is 21. The Balaban J connectivity index is 9.26. The second kappa shape index (κ2) is 57.7. The van der Waals surface area contributed by atoms with Gasteiger partial charge in [-0.1, -0.05) is 142 Å². The summed E-state index contributed by atoms with van der Waals surface area (Å²) in [5.74, 6) is -9.86. The van der Waals surface area contributed by atoms with Crippen molar-refractivity contribution < 1.29 is 47.9 Å². The molecular formula is C68H136N18O10. The predicted octanol–water partition coefficient (Wildman–Crippen LogP) is 2.00. The Morgan fingerprint density at radius 2 is 0.521 bits per heavy atom. The molecule has 96 heavy (non-hydrogen) atoms. The van der Waals surface area contributed by atoms with Crippen LogP contribution in [0.2, 0.25) is 0 Å². The zero-order valence-corrected chi connectivity index (χ0v) is 59.3. The van der Waals surface area contributed by atoms with Gasteiger partial charge in [0, 0.05) is 0 Å². The van der Waals surface area contributed by atoms with E-state index in [1.54, 1.807) is 0 Å². The van der Waals surface area contributed by atoms with E-state index in [0.717, 1.165) is 83.5 Å². The van der Waals surface area contributed by atoms with E-state index in [4.69, 9.17) is 68.8 Å². The number of imide groups is 3. The molecule has 0 saturated heterocycles. The highest BCUT2D eigenvalue weighted by Gasteiger charge is 2.49. The quantitative estimate of drug-likeness (QED) is 0.0387. The fraction of sp³-hybridized carbons (Fsp3) is 0.853. The standard InChI is InChI=1S/C68H136N18O10/c1-3-5-7-9-11-13-15-17-37-54(60(88)81-49-59(80)87)82-61(89)55(38-18-16-14-12-10-8-6-4-2)83-62(90)56(39-23-30-46-73)84(67(95)57(40-24-31-47-74)85(63(91)50(76)33-19-26-42-69)64(92)51(77)34-20-27-43-70)68(96)58(41-25-32-48-75)86(65(93)52(78)35-21-28-44-71)66(94)53(79)36-22-29-45-72/h50-58H,3-49,69-79H2,1-2H3,(H2,80,87)(H,81,88)(H,82,89)(H,83,90)/t50-,51-,52-,53-,54?,55?,56-,57-,58-/m0/s1. The minimum Gasteiger partial charge on any atom is -0.368 e. The van der Waals surface area contributed by atoms with E-state index in [0.29, 0.717) is 85.3 Å². The van der Waals surface area contributed by atoms with Crippen molar-refractivity contribution in [3.63, 3.8) is 0 Å². The van der Waals surface area contributed by atoms with Gasteiger partial charge in [-0.2, -0.15) is 0 Å². The first kappa shape index (κ1) is 90.9. The summed E-state index contributed by atoms with van der Waals surface area (Å²) in [6.45, 7) is 5.10. The second-order valence-electron chi connectivity index (χ2n) is 25.9. The Bertz CT molecular complexity index is 2030. The third-order valence-electron chi connectivity index (χ3n) is 17.6. The minimum absolute atomic E-state index is 0.0164. The fourth-order valence-corrected chi connectivity index (χ4v) is 11.7. The fourth-order valence-electron chi connectivity index (χ4n) is 11.7. The topological polar surface area (TPSA) is 529 Å². The van der Waals surface area contributed by atoms with Gasteiger partial charge in [0.25, 0.3) is 11.8 Å². The molecule has 0 bridgehead atoms. The van der Waals surface area contributed by atoms with Crippen LogP contribution >= 0.6 is 0 Å². The lowest BCUT2D eigenvalue weighted by Gasteiger charge is -2.41. The molecule has 0 radical (unpaired) electrons. The van der Waals surface area contributed by atoms with Gasteiger partial charge in [-0.05, 0) is 168 Å². The highest BCUT2D eigenvalue weighted by atomic mass is 16.2. The smallest absolute Gasteiger partial charge is 0.253 e. The number of rotatable bonds is 62. The lowest BCUT2D eigenvalue weighted by molar-refractivity contribution is -0.167. The van der Waals surface area contributed by atoms with Crippen LogP contribution in [0.4, 0.5) is 0 Å². The number of unbranched alkanes of at least 4 members (excludes halogenated alkanes) is 21. The molecule has 28 nitrogen and oxygen atoms in total. The van der Waals surface area contributed by atoms with E-state index in [1.165, 1.54) is 0 Å². The maximum Gasteiger partial charge on any atom is 0.253 e. The van der Waals surface area contributed by atoms with Crippen molar-refractivity contribution in [2.24, 2.45) is 68.8 Å². The summed E-state index contributed by atoms with van der Waals surface area (Å²) in [6, 6.07) is -14.0. The van der Waals surface area contributed by atoms with Crippen LogP contribution in [0, 0.1) is 0 Å². The maximum absolute atomic E-state index is 16.8. The van der Waals surface area contributed by atoms with Crippen LogP contribution < -0.4 is 84.8 Å². The summed E-state index contributed by atoms with van der Waals surface area (Å²) < 4.78 is 0. The average Bonchev–Trinajstić information content (AvgIpc) is 0.781. The van der Waals surface area contributed by atoms with Gasteiger partial charge in [-0.25, -0.2) is 0 Å². The van der Waals surface area contributed by atoms with Crippen molar-refractivity contribution in [1.82, 2.24) is 30.7 Å². The summed E-state index contributed by atoms with van der Waals surface area (Å²) >= 11 is 0. The number of carbonyl (C=O) groups is 10. The van der Waals surface area contributed by atoms with Crippen LogP contribution in [0.1, 0.15) is 264 Å². The molecule has 27 N–H and O–H groups in total. The summed E-state index contributed by atoms with van der Waals surface area (Å²) in [5.41, 5.74) is 73.8. The summed E-state index contributed by atoms with van der Waals surface area (Å²) in [6.07, 6.45) is 18.0. The predicted molar refractivity (Wildman–Crippen MR) is 380 cm³/mol. The van der Waals surface area contributed by atoms with Crippen LogP contribution in [0.25, 0.3) is 0 Å². The first-order valence-corrected chi connectivity index (χ1v) is 36.9. The molecule has 558 valence electrons. The molecule has 0 aliphatic rings. The van der Waals surface area contributed by atoms with Gasteiger partial charge in [0.1, 0.15) is 30.2 Å². The molecule has 0 aromatic carbocycles. The summed E-state index contributed by atoms with van der Waals surface area (Å²) in [4.78, 5) is 153. The SMILES string of the molecule is CCCCCCCCCCC(NC(=O)C(CCCCCCCCCC)NC(=O)[C@H](CCCCN)N(C(=O)[C@H](CCCCN)N(C(=O)[C@@H](N)CCCCN)C(=O)[C@@H](N)CCCCN)C(=O)[C@H](CCCCN)N(C(=O)[C@@H](N)CCCCN)C(=O)[C@@H](N)CCCCN)C(=O)NCC(N)=O. The molecular weight excluding hydrogens is 1230 g/mol. The van der Waals surface area contributed by atoms with E-state index in [9.17, 15) is 9.59 Å². The molecule has 0 heterocycles. The molecule has 0 aliphatic heterocycles. The van der Waals surface area contributed by atoms with Crippen LogP contribution in [0.3, 0.4) is 0 Å². The van der Waals surface area contributed by atoms with Gasteiger partial charge < -0.3 is 84.8 Å². The van der Waals surface area contributed by atoms with Crippen molar-refractivity contribution in [3.05, 3.63) is 0 Å². The Kier molecular flexibility index (Phi) is 54.6. The molecule has 0 aliphatic carbocycles. The number of carbonyl (C=O) groups excluding carboxylic acids is 10. The van der Waals surface area contributed by atoms with Gasteiger partial charge in [0.2, 0.25) is 47.3 Å². The number of nitrogens with two attached hydrogens (primary N) is 12. The van der Waals surface area contributed by atoms with Crippen LogP contribution in [0.5, 0.6) is 0 Å². The molecule has 0 fully saturated rings. The van der Waals surface area contributed by atoms with Gasteiger partial charge in [-0.15, -0.1) is 0 Å². The third kappa shape index (κ3) is 37.7. The van der Waals surface area contributed by atoms with Crippen LogP contribution in [-0.4, -0.2) is 181 Å². The van der Waals surface area contributed by atoms with Crippen molar-refractivity contribution >= 4 is 59.1 Å². The minimum atomic E-state index is -1.93. The van der Waals surface area contributed by atoms with Crippen molar-refractivity contribution in [2.75, 3.05) is 52.4 Å². The zero-order chi connectivity index (χ0) is 72.1. The van der Waals surface area contributed by atoms with E-state index in [1.807, 2.05) is 0 Å². The normalized spacial score (nSPS) is 14.3. The van der Waals surface area contributed by atoms with Gasteiger partial charge in [-0.3, -0.25) is 62.6 Å². The second-order valence-corrected chi connectivity index (χ2v) is 25.9. The number of amides is 10. The first-order valence-electron chi connectivity index (χ1n) is 36.9. The number of hydrogen-bond donors (Lipinski definition) is 15. The molecule has 0 saturated carbocycles. The van der Waals surface area contributed by atoms with Gasteiger partial charge in [0.05, 0.1) is 30.7 Å². The lowest BCUT2D eigenvalue weighted by Crippen LogP contribution is -2.67. The van der Waals surface area contributed by atoms with Crippen molar-refractivity contribution in [1.29, 1.82) is 0 Å². The van der Waals surface area contributed by atoms with E-state index >= 15 is 38.4 Å². The third-order valence-corrected chi connectivity index (χ3v) is 17.6. The zero-order valence-electron chi connectivity index (χ0n) is 59.3. The number of primary amides is 1. The Morgan fingerprint density at radius 3 is 0.812 bits per heavy atom. The molecule has 0 aromatic rings. The summed E-state index contributed by atoms with van der Waals surface area (Å²) in [7, 11) is 0. The Labute approximate surface area is 575 Å². The molecule has 2 unspecified atom stereocenters. The van der Waals surface area contributed by atoms with E-state index < -0.39 is 120 Å². The monoisotopic (exact) mass is 1370 g/mol. The molecule has 28 heteroatoms. The molecule has 9 atom stereocenters. The van der Waals surface area contributed by atoms with E-state index in [2.05, 4.69) is 29.8 Å². The van der Waals surface area contributed by atoms with Gasteiger partial charge in [0.15, 0.2) is 0 Å². The largest absolute Gasteiger partial charge is 0.368 e. The number of nitrogens with zero attached hydrogens (tertiary/aromatic N) is 3. The first-order chi connectivity index (χ1) is 46.1. The average molecular weight is 1370 g/mol. The van der Waals surface area contributed by atoms with Gasteiger partial charge >= 0.3 is 0 Å². The molecule has 0 rings (SSSR count). The summed E-state index contributed by atoms with van der Waals surface area (Å²) in [5, 5.41) is 8.26. The van der Waals surface area contributed by atoms with Crippen molar-refractivity contribution in [2.45, 2.75) is 319 Å². The Morgan fingerprint density at radius 1 is 0.281 bits per heavy atom. The lowest BCUT2D eigenvalue weighted by atomic mass is 9.96. The maximum atomic E-state index is 16.8. The van der Waals surface area contributed by atoms with Crippen LogP contribution in [-0.2, 0) is 47.9 Å². The highest BCUT2D eigenvalue weighted by Crippen LogP contribution is 2.27. The molecule has 10 amide bonds. The highest BCUT2D eigenvalue weighted by molar-refractivity contribution is 6.11. The molecule has 0 spiro atoms. The molecule has 0 aromatic heterocycles. The van der Waals surface area contributed by atoms with Crippen molar-refractivity contribution in [3.8, 4) is 0 Å². The Hall–Kier alpha value is -5.14. The number of nitrogens with one attached hydrogen (secondary N) is 3.